The van der Waals surface area contributed by atoms with Crippen LogP contribution in [0.2, 0.25) is 0 Å². The average molecular weight is 238 g/mol. The highest BCUT2D eigenvalue weighted by atomic mass is 16.5. The zero-order valence-electron chi connectivity index (χ0n) is 10.6. The Morgan fingerprint density at radius 3 is 2.41 bits per heavy atom. The molecule has 0 aliphatic carbocycles. The maximum atomic E-state index is 11.7. The number of methoxy groups -OCH3 is 2. The second-order valence-corrected chi connectivity index (χ2v) is 3.86. The molecule has 0 heterocycles. The summed E-state index contributed by atoms with van der Waals surface area (Å²) in [4.78, 5) is 13.2. The summed E-state index contributed by atoms with van der Waals surface area (Å²) in [5.41, 5.74) is 7.07. The minimum atomic E-state index is -0.0276. The summed E-state index contributed by atoms with van der Waals surface area (Å²) in [5, 5.41) is 0. The van der Waals surface area contributed by atoms with Crippen LogP contribution in [0.5, 0.6) is 11.5 Å². The molecule has 1 amide bonds. The largest absolute Gasteiger partial charge is 0.497 e. The Bertz CT molecular complexity index is 416. The van der Waals surface area contributed by atoms with Crippen molar-refractivity contribution < 1.29 is 14.3 Å². The predicted molar refractivity (Wildman–Crippen MR) is 66.4 cm³/mol. The Hall–Kier alpha value is -1.91. The number of anilines is 1. The Labute approximate surface area is 101 Å². The van der Waals surface area contributed by atoms with Crippen LogP contribution >= 0.6 is 0 Å². The lowest BCUT2D eigenvalue weighted by Crippen LogP contribution is -2.24. The molecule has 1 rings (SSSR count). The van der Waals surface area contributed by atoms with Gasteiger partial charge in [0, 0.05) is 37.5 Å². The van der Waals surface area contributed by atoms with Crippen molar-refractivity contribution in [3.8, 4) is 11.5 Å². The first-order valence-electron chi connectivity index (χ1n) is 5.20. The maximum Gasteiger partial charge on any atom is 0.226 e. The second-order valence-electron chi connectivity index (χ2n) is 3.86. The van der Waals surface area contributed by atoms with E-state index in [4.69, 9.17) is 15.2 Å². The molecule has 5 heteroatoms. The van der Waals surface area contributed by atoms with Crippen molar-refractivity contribution in [3.05, 3.63) is 17.7 Å². The van der Waals surface area contributed by atoms with E-state index < -0.39 is 0 Å². The molecule has 0 aromatic heterocycles. The molecule has 0 fully saturated rings. The van der Waals surface area contributed by atoms with E-state index in [1.807, 2.05) is 0 Å². The zero-order chi connectivity index (χ0) is 13.0. The summed E-state index contributed by atoms with van der Waals surface area (Å²) in [6, 6.07) is 3.40. The lowest BCUT2D eigenvalue weighted by molar-refractivity contribution is -0.127. The number of hydrogen-bond donors (Lipinski definition) is 1. The van der Waals surface area contributed by atoms with Crippen LogP contribution in [0, 0.1) is 0 Å². The molecule has 0 saturated carbocycles. The number of likely N-dealkylation sites (N-methyl/N-ethyl adjacent to an activating group) is 1. The Morgan fingerprint density at radius 1 is 1.29 bits per heavy atom. The fourth-order valence-electron chi connectivity index (χ4n) is 1.44. The summed E-state index contributed by atoms with van der Waals surface area (Å²) in [6.45, 7) is 0. The summed E-state index contributed by atoms with van der Waals surface area (Å²) < 4.78 is 10.3. The van der Waals surface area contributed by atoms with E-state index in [1.165, 1.54) is 12.0 Å². The van der Waals surface area contributed by atoms with Gasteiger partial charge in [-0.1, -0.05) is 0 Å². The first-order chi connectivity index (χ1) is 7.99. The van der Waals surface area contributed by atoms with Gasteiger partial charge in [0.15, 0.2) is 0 Å². The van der Waals surface area contributed by atoms with Gasteiger partial charge < -0.3 is 20.1 Å². The smallest absolute Gasteiger partial charge is 0.226 e. The van der Waals surface area contributed by atoms with Crippen LogP contribution in [0.3, 0.4) is 0 Å². The van der Waals surface area contributed by atoms with Crippen LogP contribution in [0.15, 0.2) is 12.1 Å². The number of nitrogens with two attached hydrogens (primary N) is 1. The Morgan fingerprint density at radius 2 is 1.94 bits per heavy atom. The molecule has 0 unspecified atom stereocenters. The van der Waals surface area contributed by atoms with Crippen LogP contribution in [0.4, 0.5) is 5.69 Å². The molecule has 0 saturated heterocycles. The van der Waals surface area contributed by atoms with Crippen molar-refractivity contribution >= 4 is 11.6 Å². The van der Waals surface area contributed by atoms with Crippen LogP contribution in [-0.4, -0.2) is 39.1 Å². The predicted octanol–water partition coefficient (Wildman–Crippen LogP) is 0.917. The monoisotopic (exact) mass is 238 g/mol. The minimum Gasteiger partial charge on any atom is -0.497 e. The molecule has 1 aromatic carbocycles. The SMILES string of the molecule is COc1cc(N)c(CC(=O)N(C)C)c(OC)c1. The van der Waals surface area contributed by atoms with Crippen molar-refractivity contribution in [2.75, 3.05) is 34.0 Å². The maximum absolute atomic E-state index is 11.7. The van der Waals surface area contributed by atoms with Crippen molar-refractivity contribution in [2.24, 2.45) is 0 Å². The van der Waals surface area contributed by atoms with Gasteiger partial charge in [-0.25, -0.2) is 0 Å². The number of nitrogen functional groups attached to an aromatic ring is 1. The van der Waals surface area contributed by atoms with E-state index in [0.29, 0.717) is 22.7 Å². The third-order valence-corrected chi connectivity index (χ3v) is 2.50. The van der Waals surface area contributed by atoms with Gasteiger partial charge in [0.2, 0.25) is 5.91 Å². The Kier molecular flexibility index (Phi) is 4.20. The molecular weight excluding hydrogens is 220 g/mol. The topological polar surface area (TPSA) is 64.8 Å². The van der Waals surface area contributed by atoms with Gasteiger partial charge >= 0.3 is 0 Å². The number of carbonyl (C=O) groups is 1. The Balaban J connectivity index is 3.10. The van der Waals surface area contributed by atoms with Crippen molar-refractivity contribution in [1.82, 2.24) is 4.90 Å². The summed E-state index contributed by atoms with van der Waals surface area (Å²) in [5.74, 6) is 1.15. The molecule has 0 aliphatic rings. The van der Waals surface area contributed by atoms with Gasteiger partial charge in [-0.05, 0) is 0 Å². The van der Waals surface area contributed by atoms with Gasteiger partial charge in [0.05, 0.1) is 20.6 Å². The number of nitrogens with zero attached hydrogens (tertiary/aromatic N) is 1. The zero-order valence-corrected chi connectivity index (χ0v) is 10.6. The van der Waals surface area contributed by atoms with Gasteiger partial charge in [0.25, 0.3) is 0 Å². The van der Waals surface area contributed by atoms with Crippen LogP contribution in [0.25, 0.3) is 0 Å². The summed E-state index contributed by atoms with van der Waals surface area (Å²) >= 11 is 0. The quantitative estimate of drug-likeness (QED) is 0.792. The summed E-state index contributed by atoms with van der Waals surface area (Å²) in [7, 11) is 6.50. The second kappa shape index (κ2) is 5.43. The third kappa shape index (κ3) is 3.03. The number of amides is 1. The highest BCUT2D eigenvalue weighted by Gasteiger charge is 2.15. The van der Waals surface area contributed by atoms with E-state index >= 15 is 0 Å². The third-order valence-electron chi connectivity index (χ3n) is 2.50. The number of carbonyl (C=O) groups excluding carboxylic acids is 1. The van der Waals surface area contributed by atoms with E-state index in [9.17, 15) is 4.79 Å². The fourth-order valence-corrected chi connectivity index (χ4v) is 1.44. The molecule has 0 bridgehead atoms. The van der Waals surface area contributed by atoms with Crippen LogP contribution in [0.1, 0.15) is 5.56 Å². The molecule has 0 radical (unpaired) electrons. The molecule has 5 nitrogen and oxygen atoms in total. The number of hydrogen-bond acceptors (Lipinski definition) is 4. The lowest BCUT2D eigenvalue weighted by Gasteiger charge is -2.15. The first kappa shape index (κ1) is 13.2. The van der Waals surface area contributed by atoms with Crippen molar-refractivity contribution in [2.45, 2.75) is 6.42 Å². The molecule has 0 spiro atoms. The van der Waals surface area contributed by atoms with E-state index in [-0.39, 0.29) is 12.3 Å². The highest BCUT2D eigenvalue weighted by Crippen LogP contribution is 2.31. The van der Waals surface area contributed by atoms with Crippen molar-refractivity contribution in [1.29, 1.82) is 0 Å². The van der Waals surface area contributed by atoms with Gasteiger partial charge in [-0.2, -0.15) is 0 Å². The molecular formula is C12H18N2O3. The van der Waals surface area contributed by atoms with Crippen molar-refractivity contribution in [3.63, 3.8) is 0 Å². The molecule has 2 N–H and O–H groups in total. The fraction of sp³-hybridized carbons (Fsp3) is 0.417. The molecule has 0 atom stereocenters. The van der Waals surface area contributed by atoms with Crippen LogP contribution < -0.4 is 15.2 Å². The number of benzene rings is 1. The lowest BCUT2D eigenvalue weighted by atomic mass is 10.1. The van der Waals surface area contributed by atoms with Crippen LogP contribution in [-0.2, 0) is 11.2 Å². The standard InChI is InChI=1S/C12H18N2O3/c1-14(2)12(15)7-9-10(13)5-8(16-3)6-11(9)17-4/h5-6H,7,13H2,1-4H3. The van der Waals surface area contributed by atoms with Gasteiger partial charge in [-0.15, -0.1) is 0 Å². The van der Waals surface area contributed by atoms with E-state index in [2.05, 4.69) is 0 Å². The minimum absolute atomic E-state index is 0.0276. The van der Waals surface area contributed by atoms with Gasteiger partial charge in [-0.3, -0.25) is 4.79 Å². The van der Waals surface area contributed by atoms with Gasteiger partial charge in [0.1, 0.15) is 11.5 Å². The molecule has 0 aliphatic heterocycles. The molecule has 1 aromatic rings. The molecule has 94 valence electrons. The number of ether oxygens (including phenoxy) is 2. The van der Waals surface area contributed by atoms with E-state index in [1.54, 1.807) is 33.3 Å². The highest BCUT2D eigenvalue weighted by molar-refractivity contribution is 5.81. The first-order valence-corrected chi connectivity index (χ1v) is 5.20. The summed E-state index contributed by atoms with van der Waals surface area (Å²) in [6.07, 6.45) is 0.214. The number of rotatable bonds is 4. The molecule has 17 heavy (non-hydrogen) atoms. The average Bonchev–Trinajstić information content (AvgIpc) is 2.30. The normalized spacial score (nSPS) is 9.88. The van der Waals surface area contributed by atoms with E-state index in [0.717, 1.165) is 0 Å².